The first kappa shape index (κ1) is 22.3. The molecule has 2 aliphatic rings. The fourth-order valence-electron chi connectivity index (χ4n) is 3.72. The van der Waals surface area contributed by atoms with Crippen LogP contribution in [0.2, 0.25) is 0 Å². The lowest BCUT2D eigenvalue weighted by Gasteiger charge is -2.34. The maximum Gasteiger partial charge on any atom is 0.253 e. The topological polar surface area (TPSA) is 86.8 Å². The van der Waals surface area contributed by atoms with E-state index in [2.05, 4.69) is 5.32 Å². The van der Waals surface area contributed by atoms with Crippen molar-refractivity contribution in [2.75, 3.05) is 31.5 Å². The molecular weight excluding hydrogens is 440 g/mol. The summed E-state index contributed by atoms with van der Waals surface area (Å²) in [6.45, 7) is 2.44. The third-order valence-corrected chi connectivity index (χ3v) is 7.79. The summed E-state index contributed by atoms with van der Waals surface area (Å²) < 4.78 is 53.1. The van der Waals surface area contributed by atoms with Crippen LogP contribution in [0, 0.1) is 23.5 Å². The van der Waals surface area contributed by atoms with Gasteiger partial charge in [0.25, 0.3) is 5.91 Å². The number of hydrogen-bond donors (Lipinski definition) is 1. The van der Waals surface area contributed by atoms with Crippen molar-refractivity contribution in [1.82, 2.24) is 9.21 Å². The fraction of sp³-hybridized carbons (Fsp3) is 0.364. The van der Waals surface area contributed by atoms with Gasteiger partial charge in [0.05, 0.1) is 4.90 Å². The largest absolute Gasteiger partial charge is 0.336 e. The smallest absolute Gasteiger partial charge is 0.253 e. The number of anilines is 1. The molecule has 2 atom stereocenters. The number of piperazine rings is 1. The summed E-state index contributed by atoms with van der Waals surface area (Å²) in [6.07, 6.45) is 0.889. The van der Waals surface area contributed by atoms with Gasteiger partial charge in [0, 0.05) is 43.3 Å². The van der Waals surface area contributed by atoms with Crippen molar-refractivity contribution < 1.29 is 26.8 Å². The Hall–Kier alpha value is -2.85. The Morgan fingerprint density at radius 2 is 1.59 bits per heavy atom. The van der Waals surface area contributed by atoms with Crippen LogP contribution in [0.5, 0.6) is 0 Å². The first-order valence-corrected chi connectivity index (χ1v) is 11.8. The van der Waals surface area contributed by atoms with E-state index in [9.17, 15) is 26.8 Å². The van der Waals surface area contributed by atoms with Crippen molar-refractivity contribution in [1.29, 1.82) is 0 Å². The molecule has 2 amide bonds. The van der Waals surface area contributed by atoms with Gasteiger partial charge in [0.2, 0.25) is 15.9 Å². The van der Waals surface area contributed by atoms with Gasteiger partial charge in [-0.1, -0.05) is 6.92 Å². The van der Waals surface area contributed by atoms with Gasteiger partial charge in [-0.05, 0) is 54.8 Å². The zero-order valence-electron chi connectivity index (χ0n) is 17.4. The van der Waals surface area contributed by atoms with Gasteiger partial charge in [-0.15, -0.1) is 0 Å². The minimum atomic E-state index is -3.99. The van der Waals surface area contributed by atoms with Gasteiger partial charge in [0.1, 0.15) is 0 Å². The molecule has 32 heavy (non-hydrogen) atoms. The summed E-state index contributed by atoms with van der Waals surface area (Å²) >= 11 is 0. The number of amides is 2. The van der Waals surface area contributed by atoms with Crippen LogP contribution in [0.1, 0.15) is 23.7 Å². The average molecular weight is 464 g/mol. The number of halogens is 2. The Kier molecular flexibility index (Phi) is 6.00. The Morgan fingerprint density at radius 1 is 0.969 bits per heavy atom. The molecular formula is C22H23F2N3O4S. The van der Waals surface area contributed by atoms with Gasteiger partial charge < -0.3 is 10.2 Å². The highest BCUT2D eigenvalue weighted by Gasteiger charge is 2.39. The quantitative estimate of drug-likeness (QED) is 0.739. The lowest BCUT2D eigenvalue weighted by molar-refractivity contribution is -0.117. The number of nitrogens with zero attached hydrogens (tertiary/aromatic N) is 2. The predicted molar refractivity (Wildman–Crippen MR) is 113 cm³/mol. The highest BCUT2D eigenvalue weighted by Crippen LogP contribution is 2.38. The summed E-state index contributed by atoms with van der Waals surface area (Å²) in [5, 5.41) is 2.84. The highest BCUT2D eigenvalue weighted by molar-refractivity contribution is 7.89. The molecule has 170 valence electrons. The van der Waals surface area contributed by atoms with E-state index in [1.165, 1.54) is 4.90 Å². The van der Waals surface area contributed by atoms with E-state index in [1.54, 1.807) is 24.3 Å². The molecule has 2 unspecified atom stereocenters. The van der Waals surface area contributed by atoms with Crippen molar-refractivity contribution >= 4 is 27.5 Å². The minimum absolute atomic E-state index is 0.0186. The molecule has 2 aromatic carbocycles. The third-order valence-electron chi connectivity index (χ3n) is 5.90. The lowest BCUT2D eigenvalue weighted by atomic mass is 10.1. The molecule has 10 heteroatoms. The number of hydrogen-bond acceptors (Lipinski definition) is 4. The molecule has 4 rings (SSSR count). The number of carbonyl (C=O) groups is 2. The second kappa shape index (κ2) is 8.59. The van der Waals surface area contributed by atoms with E-state index in [1.807, 2.05) is 6.92 Å². The summed E-state index contributed by atoms with van der Waals surface area (Å²) in [5.74, 6) is -2.16. The Labute approximate surface area is 185 Å². The van der Waals surface area contributed by atoms with Gasteiger partial charge in [0.15, 0.2) is 11.6 Å². The minimum Gasteiger partial charge on any atom is -0.336 e. The van der Waals surface area contributed by atoms with Crippen LogP contribution in [-0.2, 0) is 14.8 Å². The molecule has 7 nitrogen and oxygen atoms in total. The maximum atomic E-state index is 13.5. The molecule has 0 radical (unpaired) electrons. The maximum absolute atomic E-state index is 13.5. The molecule has 2 fully saturated rings. The fourth-order valence-corrected chi connectivity index (χ4v) is 5.15. The van der Waals surface area contributed by atoms with E-state index < -0.39 is 21.7 Å². The lowest BCUT2D eigenvalue weighted by Crippen LogP contribution is -2.50. The second-order valence-electron chi connectivity index (χ2n) is 8.16. The summed E-state index contributed by atoms with van der Waals surface area (Å²) in [5.41, 5.74) is 1.05. The van der Waals surface area contributed by atoms with Crippen molar-refractivity contribution in [3.05, 3.63) is 59.7 Å². The SMILES string of the molecule is CC1CC1C(=O)Nc1ccc(C(=O)N2CCN(S(=O)(=O)c3ccc(F)c(F)c3)CC2)cc1. The van der Waals surface area contributed by atoms with Crippen LogP contribution >= 0.6 is 0 Å². The molecule has 0 aromatic heterocycles. The number of benzene rings is 2. The number of nitrogens with one attached hydrogen (secondary N) is 1. The monoisotopic (exact) mass is 463 g/mol. The van der Waals surface area contributed by atoms with E-state index in [-0.39, 0.29) is 48.8 Å². The molecule has 1 aliphatic carbocycles. The molecule has 1 heterocycles. The van der Waals surface area contributed by atoms with Crippen LogP contribution in [0.4, 0.5) is 14.5 Å². The van der Waals surface area contributed by atoms with Gasteiger partial charge in [-0.2, -0.15) is 4.31 Å². The molecule has 1 N–H and O–H groups in total. The van der Waals surface area contributed by atoms with Gasteiger partial charge in [-0.3, -0.25) is 9.59 Å². The standard InChI is InChI=1S/C22H23F2N3O4S/c1-14-12-18(14)21(28)25-16-4-2-15(3-5-16)22(29)26-8-10-27(11-9-26)32(30,31)17-6-7-19(23)20(24)13-17/h2-7,13-14,18H,8-12H2,1H3,(H,25,28). The summed E-state index contributed by atoms with van der Waals surface area (Å²) in [7, 11) is -3.99. The van der Waals surface area contributed by atoms with Crippen molar-refractivity contribution in [2.24, 2.45) is 11.8 Å². The van der Waals surface area contributed by atoms with Crippen LogP contribution in [0.3, 0.4) is 0 Å². The Bertz CT molecular complexity index is 1150. The van der Waals surface area contributed by atoms with Crippen LogP contribution in [-0.4, -0.2) is 55.6 Å². The molecule has 1 aliphatic heterocycles. The zero-order valence-corrected chi connectivity index (χ0v) is 18.2. The van der Waals surface area contributed by atoms with E-state index in [0.717, 1.165) is 22.9 Å². The van der Waals surface area contributed by atoms with Crippen LogP contribution in [0.15, 0.2) is 47.4 Å². The van der Waals surface area contributed by atoms with E-state index >= 15 is 0 Å². The van der Waals surface area contributed by atoms with Gasteiger partial charge >= 0.3 is 0 Å². The Morgan fingerprint density at radius 3 is 2.16 bits per heavy atom. The molecule has 0 spiro atoms. The molecule has 0 bridgehead atoms. The number of carbonyl (C=O) groups excluding carboxylic acids is 2. The summed E-state index contributed by atoms with van der Waals surface area (Å²) in [6, 6.07) is 9.04. The number of sulfonamides is 1. The zero-order chi connectivity index (χ0) is 23.0. The molecule has 1 saturated carbocycles. The van der Waals surface area contributed by atoms with Crippen molar-refractivity contribution in [2.45, 2.75) is 18.2 Å². The first-order valence-electron chi connectivity index (χ1n) is 10.3. The van der Waals surface area contributed by atoms with Crippen molar-refractivity contribution in [3.63, 3.8) is 0 Å². The number of rotatable bonds is 5. The summed E-state index contributed by atoms with van der Waals surface area (Å²) in [4.78, 5) is 26.0. The normalized spacial score (nSPS) is 21.3. The van der Waals surface area contributed by atoms with E-state index in [4.69, 9.17) is 0 Å². The second-order valence-corrected chi connectivity index (χ2v) is 10.1. The van der Waals surface area contributed by atoms with Crippen molar-refractivity contribution in [3.8, 4) is 0 Å². The Balaban J connectivity index is 1.36. The van der Waals surface area contributed by atoms with Crippen LogP contribution < -0.4 is 5.32 Å². The molecule has 1 saturated heterocycles. The first-order chi connectivity index (χ1) is 15.2. The highest BCUT2D eigenvalue weighted by atomic mass is 32.2. The van der Waals surface area contributed by atoms with E-state index in [0.29, 0.717) is 23.2 Å². The molecule has 2 aromatic rings. The van der Waals surface area contributed by atoms with Crippen LogP contribution in [0.25, 0.3) is 0 Å². The predicted octanol–water partition coefficient (Wildman–Crippen LogP) is 2.71. The third kappa shape index (κ3) is 4.51. The average Bonchev–Trinajstić information content (AvgIpc) is 3.52. The van der Waals surface area contributed by atoms with Gasteiger partial charge in [-0.25, -0.2) is 17.2 Å².